The van der Waals surface area contributed by atoms with Crippen molar-refractivity contribution in [1.82, 2.24) is 4.90 Å². The highest BCUT2D eigenvalue weighted by Crippen LogP contribution is 2.29. The molecule has 0 spiro atoms. The number of carbonyl (C=O) groups is 1. The molecule has 0 aromatic heterocycles. The summed E-state index contributed by atoms with van der Waals surface area (Å²) in [6, 6.07) is 13.5. The number of ether oxygens (including phenoxy) is 2. The molecule has 2 aliphatic rings. The molecule has 2 saturated heterocycles. The van der Waals surface area contributed by atoms with Crippen LogP contribution in [0.15, 0.2) is 42.5 Å². The number of benzene rings is 2. The molecule has 1 amide bonds. The number of carbonyl (C=O) groups excluding carboxylic acids is 1. The van der Waals surface area contributed by atoms with E-state index in [2.05, 4.69) is 15.1 Å². The van der Waals surface area contributed by atoms with Gasteiger partial charge in [0.1, 0.15) is 0 Å². The van der Waals surface area contributed by atoms with Gasteiger partial charge in [0.25, 0.3) is 0 Å². The fraction of sp³-hybridized carbons (Fsp3) is 0.409. The van der Waals surface area contributed by atoms with E-state index in [9.17, 15) is 4.79 Å². The Morgan fingerprint density at radius 3 is 2.50 bits per heavy atom. The number of nitrogens with one attached hydrogen (secondary N) is 1. The van der Waals surface area contributed by atoms with Crippen molar-refractivity contribution in [3.63, 3.8) is 0 Å². The number of rotatable bonds is 5. The minimum atomic E-state index is -0.130. The van der Waals surface area contributed by atoms with Gasteiger partial charge in [-0.15, -0.1) is 0 Å². The first-order chi connectivity index (χ1) is 14.6. The Hall–Kier alpha value is -1.83. The van der Waals surface area contributed by atoms with Crippen LogP contribution in [-0.2, 0) is 14.3 Å². The van der Waals surface area contributed by atoms with Gasteiger partial charge in [-0.05, 0) is 42.0 Å². The van der Waals surface area contributed by atoms with Gasteiger partial charge < -0.3 is 19.7 Å². The second-order valence-electron chi connectivity index (χ2n) is 7.46. The summed E-state index contributed by atoms with van der Waals surface area (Å²) in [5, 5.41) is 4.02. The molecule has 160 valence electrons. The standard InChI is InChI=1S/C22H25Cl2N3O3/c23-19-6-1-16(13-20(19)24)21-14-26(7-12-30-21)15-22(28)25-17-2-4-18(5-3-17)27-8-10-29-11-9-27/h1-6,13,21H,7-12,14-15H2,(H,25,28). The highest BCUT2D eigenvalue weighted by molar-refractivity contribution is 6.42. The highest BCUT2D eigenvalue weighted by Gasteiger charge is 2.24. The van der Waals surface area contributed by atoms with Crippen molar-refractivity contribution in [1.29, 1.82) is 0 Å². The lowest BCUT2D eigenvalue weighted by molar-refractivity contribution is -0.119. The molecule has 1 atom stereocenters. The van der Waals surface area contributed by atoms with E-state index >= 15 is 0 Å². The van der Waals surface area contributed by atoms with E-state index in [4.69, 9.17) is 32.7 Å². The Kier molecular flexibility index (Phi) is 7.12. The Morgan fingerprint density at radius 1 is 1.00 bits per heavy atom. The predicted octanol–water partition coefficient (Wildman–Crippen LogP) is 3.84. The molecular formula is C22H25Cl2N3O3. The van der Waals surface area contributed by atoms with Gasteiger partial charge in [0, 0.05) is 37.6 Å². The Bertz CT molecular complexity index is 872. The monoisotopic (exact) mass is 449 g/mol. The summed E-state index contributed by atoms with van der Waals surface area (Å²) in [5.41, 5.74) is 2.91. The first kappa shape index (κ1) is 21.4. The Labute approximate surface area is 186 Å². The van der Waals surface area contributed by atoms with E-state index in [1.165, 1.54) is 0 Å². The van der Waals surface area contributed by atoms with Gasteiger partial charge in [-0.25, -0.2) is 0 Å². The minimum absolute atomic E-state index is 0.0380. The lowest BCUT2D eigenvalue weighted by Gasteiger charge is -2.32. The summed E-state index contributed by atoms with van der Waals surface area (Å²) in [7, 11) is 0. The maximum atomic E-state index is 12.6. The van der Waals surface area contributed by atoms with E-state index in [-0.39, 0.29) is 12.0 Å². The number of hydrogen-bond donors (Lipinski definition) is 1. The van der Waals surface area contributed by atoms with Crippen LogP contribution in [0.5, 0.6) is 0 Å². The lowest BCUT2D eigenvalue weighted by Crippen LogP contribution is -2.42. The lowest BCUT2D eigenvalue weighted by atomic mass is 10.1. The van der Waals surface area contributed by atoms with Gasteiger partial charge in [-0.1, -0.05) is 29.3 Å². The molecule has 0 aliphatic carbocycles. The van der Waals surface area contributed by atoms with E-state index in [1.807, 2.05) is 36.4 Å². The molecular weight excluding hydrogens is 425 g/mol. The zero-order valence-electron chi connectivity index (χ0n) is 16.7. The van der Waals surface area contributed by atoms with E-state index in [1.54, 1.807) is 6.07 Å². The van der Waals surface area contributed by atoms with E-state index in [0.29, 0.717) is 36.3 Å². The van der Waals surface area contributed by atoms with Crippen LogP contribution >= 0.6 is 23.2 Å². The van der Waals surface area contributed by atoms with E-state index in [0.717, 1.165) is 43.2 Å². The molecule has 0 bridgehead atoms. The number of morpholine rings is 2. The largest absolute Gasteiger partial charge is 0.378 e. The number of halogens is 2. The van der Waals surface area contributed by atoms with Crippen LogP contribution in [0.3, 0.4) is 0 Å². The smallest absolute Gasteiger partial charge is 0.238 e. The van der Waals surface area contributed by atoms with Crippen LogP contribution in [-0.4, -0.2) is 63.4 Å². The normalized spacial score (nSPS) is 20.2. The van der Waals surface area contributed by atoms with E-state index < -0.39 is 0 Å². The first-order valence-corrected chi connectivity index (χ1v) is 10.9. The summed E-state index contributed by atoms with van der Waals surface area (Å²) in [5.74, 6) is -0.0380. The second-order valence-corrected chi connectivity index (χ2v) is 8.28. The molecule has 1 unspecified atom stereocenters. The SMILES string of the molecule is O=C(CN1CCOC(c2ccc(Cl)c(Cl)c2)C1)Nc1ccc(N2CCOCC2)cc1. The molecule has 2 heterocycles. The van der Waals surface area contributed by atoms with Crippen molar-refractivity contribution in [3.8, 4) is 0 Å². The Balaban J connectivity index is 1.30. The van der Waals surface area contributed by atoms with Gasteiger partial charge in [0.05, 0.1) is 42.5 Å². The van der Waals surface area contributed by atoms with Crippen LogP contribution in [0.4, 0.5) is 11.4 Å². The van der Waals surface area contributed by atoms with Crippen molar-refractivity contribution in [2.75, 3.05) is 62.8 Å². The molecule has 2 aliphatic heterocycles. The molecule has 30 heavy (non-hydrogen) atoms. The molecule has 8 heteroatoms. The summed E-state index contributed by atoms with van der Waals surface area (Å²) in [4.78, 5) is 16.9. The first-order valence-electron chi connectivity index (χ1n) is 10.1. The molecule has 0 radical (unpaired) electrons. The summed E-state index contributed by atoms with van der Waals surface area (Å²) in [6.45, 7) is 5.50. The maximum Gasteiger partial charge on any atom is 0.238 e. The minimum Gasteiger partial charge on any atom is -0.378 e. The number of anilines is 2. The summed E-state index contributed by atoms with van der Waals surface area (Å²) < 4.78 is 11.3. The average molecular weight is 450 g/mol. The molecule has 4 rings (SSSR count). The average Bonchev–Trinajstić information content (AvgIpc) is 2.77. The molecule has 2 aromatic carbocycles. The van der Waals surface area contributed by atoms with Crippen molar-refractivity contribution in [2.24, 2.45) is 0 Å². The topological polar surface area (TPSA) is 54.0 Å². The molecule has 2 aromatic rings. The zero-order chi connectivity index (χ0) is 20.9. The number of amides is 1. The third kappa shape index (κ3) is 5.45. The third-order valence-corrected chi connectivity index (χ3v) is 6.10. The fourth-order valence-electron chi connectivity index (χ4n) is 3.74. The molecule has 1 N–H and O–H groups in total. The van der Waals surface area contributed by atoms with Gasteiger partial charge in [0.15, 0.2) is 0 Å². The van der Waals surface area contributed by atoms with Crippen LogP contribution in [0, 0.1) is 0 Å². The number of hydrogen-bond acceptors (Lipinski definition) is 5. The summed E-state index contributed by atoms with van der Waals surface area (Å²) in [6.07, 6.45) is -0.130. The number of nitrogens with zero attached hydrogens (tertiary/aromatic N) is 2. The van der Waals surface area contributed by atoms with Crippen LogP contribution < -0.4 is 10.2 Å². The quantitative estimate of drug-likeness (QED) is 0.751. The van der Waals surface area contributed by atoms with Crippen LogP contribution in [0.25, 0.3) is 0 Å². The molecule has 2 fully saturated rings. The second kappa shape index (κ2) is 9.98. The van der Waals surface area contributed by atoms with Gasteiger partial charge in [0.2, 0.25) is 5.91 Å². The van der Waals surface area contributed by atoms with Gasteiger partial charge >= 0.3 is 0 Å². The third-order valence-electron chi connectivity index (χ3n) is 5.36. The molecule has 6 nitrogen and oxygen atoms in total. The van der Waals surface area contributed by atoms with Gasteiger partial charge in [-0.3, -0.25) is 9.69 Å². The van der Waals surface area contributed by atoms with Crippen LogP contribution in [0.1, 0.15) is 11.7 Å². The van der Waals surface area contributed by atoms with Crippen molar-refractivity contribution >= 4 is 40.5 Å². The predicted molar refractivity (Wildman–Crippen MR) is 120 cm³/mol. The fourth-order valence-corrected chi connectivity index (χ4v) is 4.05. The molecule has 0 saturated carbocycles. The zero-order valence-corrected chi connectivity index (χ0v) is 18.2. The van der Waals surface area contributed by atoms with Gasteiger partial charge in [-0.2, -0.15) is 0 Å². The van der Waals surface area contributed by atoms with Crippen LogP contribution in [0.2, 0.25) is 10.0 Å². The van der Waals surface area contributed by atoms with Crippen molar-refractivity contribution in [3.05, 3.63) is 58.1 Å². The summed E-state index contributed by atoms with van der Waals surface area (Å²) >= 11 is 12.1. The van der Waals surface area contributed by atoms with Crippen molar-refractivity contribution < 1.29 is 14.3 Å². The highest BCUT2D eigenvalue weighted by atomic mass is 35.5. The maximum absolute atomic E-state index is 12.6. The van der Waals surface area contributed by atoms with Crippen molar-refractivity contribution in [2.45, 2.75) is 6.10 Å². The Morgan fingerprint density at radius 2 is 1.77 bits per heavy atom.